The van der Waals surface area contributed by atoms with Gasteiger partial charge in [-0.1, -0.05) is 24.4 Å². The zero-order valence-electron chi connectivity index (χ0n) is 15.0. The summed E-state index contributed by atoms with van der Waals surface area (Å²) in [5.74, 6) is 2.96. The second-order valence-electron chi connectivity index (χ2n) is 7.22. The van der Waals surface area contributed by atoms with Gasteiger partial charge in [0, 0.05) is 26.6 Å². The van der Waals surface area contributed by atoms with Crippen molar-refractivity contribution in [1.82, 2.24) is 29.8 Å². The molecule has 0 N–H and O–H groups in total. The molecule has 0 amide bonds. The average molecular weight is 346 g/mol. The summed E-state index contributed by atoms with van der Waals surface area (Å²) in [5.41, 5.74) is 0. The number of methoxy groups -OCH3 is 1. The normalized spacial score (nSPS) is 25.7. The molecule has 4 rings (SSSR count). The quantitative estimate of drug-likeness (QED) is 0.821. The second kappa shape index (κ2) is 7.21. The Hall–Kier alpha value is -1.80. The predicted octanol–water partition coefficient (Wildman–Crippen LogP) is 2.21. The highest BCUT2D eigenvalue weighted by Crippen LogP contribution is 2.34. The molecule has 2 atom stereocenters. The first-order valence-corrected chi connectivity index (χ1v) is 9.18. The van der Waals surface area contributed by atoms with Crippen LogP contribution in [0.1, 0.15) is 68.0 Å². The zero-order valence-corrected chi connectivity index (χ0v) is 15.0. The molecule has 3 heterocycles. The van der Waals surface area contributed by atoms with E-state index < -0.39 is 0 Å². The number of likely N-dealkylation sites (tertiary alicyclic amines) is 1. The number of hydrogen-bond acceptors (Lipinski definition) is 7. The summed E-state index contributed by atoms with van der Waals surface area (Å²) in [6.07, 6.45) is 9.00. The Balaban J connectivity index is 1.48. The van der Waals surface area contributed by atoms with Gasteiger partial charge in [-0.25, -0.2) is 0 Å². The van der Waals surface area contributed by atoms with Gasteiger partial charge in [-0.2, -0.15) is 4.98 Å². The van der Waals surface area contributed by atoms with Crippen molar-refractivity contribution in [2.45, 2.75) is 63.1 Å². The van der Waals surface area contributed by atoms with E-state index in [1.165, 1.54) is 32.1 Å². The standard InChI is InChI=1S/C17H26N6O2/c1-22-11-18-20-16(22)14-8-13(24-2)9-23(14)10-15-19-17(25-21-15)12-6-4-3-5-7-12/h11-14H,3-10H2,1-2H3/t13-,14+/m1/s1. The van der Waals surface area contributed by atoms with Gasteiger partial charge >= 0.3 is 0 Å². The molecule has 2 aromatic heterocycles. The van der Waals surface area contributed by atoms with Crippen LogP contribution in [0, 0.1) is 0 Å². The Labute approximate surface area is 147 Å². The lowest BCUT2D eigenvalue weighted by atomic mass is 9.89. The third kappa shape index (κ3) is 3.46. The van der Waals surface area contributed by atoms with E-state index in [1.807, 2.05) is 11.6 Å². The minimum absolute atomic E-state index is 0.161. The lowest BCUT2D eigenvalue weighted by molar-refractivity contribution is 0.106. The molecule has 25 heavy (non-hydrogen) atoms. The van der Waals surface area contributed by atoms with Crippen LogP contribution >= 0.6 is 0 Å². The van der Waals surface area contributed by atoms with Crippen molar-refractivity contribution >= 4 is 0 Å². The molecular formula is C17H26N6O2. The van der Waals surface area contributed by atoms with Crippen LogP contribution in [-0.4, -0.2) is 49.6 Å². The van der Waals surface area contributed by atoms with Crippen molar-refractivity contribution in [3.05, 3.63) is 23.9 Å². The van der Waals surface area contributed by atoms with E-state index in [1.54, 1.807) is 13.4 Å². The molecule has 0 spiro atoms. The molecule has 2 aliphatic rings. The smallest absolute Gasteiger partial charge is 0.229 e. The Morgan fingerprint density at radius 3 is 2.84 bits per heavy atom. The number of hydrogen-bond donors (Lipinski definition) is 0. The summed E-state index contributed by atoms with van der Waals surface area (Å²) in [6, 6.07) is 0.161. The minimum atomic E-state index is 0.161. The van der Waals surface area contributed by atoms with Gasteiger partial charge in [0.2, 0.25) is 5.89 Å². The Morgan fingerprint density at radius 2 is 2.12 bits per heavy atom. The van der Waals surface area contributed by atoms with Crippen molar-refractivity contribution in [3.63, 3.8) is 0 Å². The molecule has 0 unspecified atom stereocenters. The molecule has 0 radical (unpaired) electrons. The second-order valence-corrected chi connectivity index (χ2v) is 7.22. The third-order valence-corrected chi connectivity index (χ3v) is 5.53. The minimum Gasteiger partial charge on any atom is -0.380 e. The Bertz CT molecular complexity index is 693. The van der Waals surface area contributed by atoms with Gasteiger partial charge in [0.1, 0.15) is 12.2 Å². The van der Waals surface area contributed by atoms with Crippen LogP contribution in [0.4, 0.5) is 0 Å². The molecule has 136 valence electrons. The summed E-state index contributed by atoms with van der Waals surface area (Å²) < 4.78 is 13.1. The lowest BCUT2D eigenvalue weighted by Gasteiger charge is -2.21. The molecule has 1 saturated heterocycles. The maximum Gasteiger partial charge on any atom is 0.229 e. The Kier molecular flexibility index (Phi) is 4.80. The maximum atomic E-state index is 5.58. The molecule has 0 aromatic carbocycles. The summed E-state index contributed by atoms with van der Waals surface area (Å²) >= 11 is 0. The van der Waals surface area contributed by atoms with Crippen LogP contribution < -0.4 is 0 Å². The molecule has 0 bridgehead atoms. The van der Waals surface area contributed by atoms with Crippen LogP contribution in [0.3, 0.4) is 0 Å². The van der Waals surface area contributed by atoms with Crippen molar-refractivity contribution in [1.29, 1.82) is 0 Å². The number of nitrogens with zero attached hydrogens (tertiary/aromatic N) is 6. The third-order valence-electron chi connectivity index (χ3n) is 5.53. The number of aromatic nitrogens is 5. The lowest BCUT2D eigenvalue weighted by Crippen LogP contribution is -2.26. The molecule has 8 heteroatoms. The molecular weight excluding hydrogens is 320 g/mol. The van der Waals surface area contributed by atoms with E-state index in [4.69, 9.17) is 9.26 Å². The Morgan fingerprint density at radius 1 is 1.28 bits per heavy atom. The first-order chi connectivity index (χ1) is 12.2. The van der Waals surface area contributed by atoms with Gasteiger partial charge in [0.15, 0.2) is 5.82 Å². The number of rotatable bonds is 5. The van der Waals surface area contributed by atoms with E-state index in [-0.39, 0.29) is 12.1 Å². The molecule has 2 aromatic rings. The fraction of sp³-hybridized carbons (Fsp3) is 0.765. The van der Waals surface area contributed by atoms with E-state index in [9.17, 15) is 0 Å². The maximum absolute atomic E-state index is 5.58. The highest BCUT2D eigenvalue weighted by atomic mass is 16.5. The number of aryl methyl sites for hydroxylation is 1. The predicted molar refractivity (Wildman–Crippen MR) is 89.7 cm³/mol. The topological polar surface area (TPSA) is 82.1 Å². The van der Waals surface area contributed by atoms with E-state index in [0.29, 0.717) is 12.5 Å². The van der Waals surface area contributed by atoms with Crippen molar-refractivity contribution < 1.29 is 9.26 Å². The molecule has 1 saturated carbocycles. The van der Waals surface area contributed by atoms with Gasteiger partial charge in [-0.05, 0) is 19.3 Å². The van der Waals surface area contributed by atoms with Gasteiger partial charge in [0.25, 0.3) is 0 Å². The largest absolute Gasteiger partial charge is 0.380 e. The van der Waals surface area contributed by atoms with Crippen LogP contribution in [-0.2, 0) is 18.3 Å². The van der Waals surface area contributed by atoms with Gasteiger partial charge in [-0.3, -0.25) is 4.90 Å². The molecule has 1 aliphatic carbocycles. The van der Waals surface area contributed by atoms with Crippen molar-refractivity contribution in [2.75, 3.05) is 13.7 Å². The summed E-state index contributed by atoms with van der Waals surface area (Å²) in [7, 11) is 3.74. The summed E-state index contributed by atoms with van der Waals surface area (Å²) in [4.78, 5) is 7.00. The fourth-order valence-corrected chi connectivity index (χ4v) is 4.10. The summed E-state index contributed by atoms with van der Waals surface area (Å²) in [6.45, 7) is 1.48. The molecule has 2 fully saturated rings. The molecule has 1 aliphatic heterocycles. The van der Waals surface area contributed by atoms with Crippen LogP contribution in [0.25, 0.3) is 0 Å². The molecule has 8 nitrogen and oxygen atoms in total. The first-order valence-electron chi connectivity index (χ1n) is 9.18. The van der Waals surface area contributed by atoms with E-state index in [0.717, 1.165) is 30.5 Å². The van der Waals surface area contributed by atoms with E-state index >= 15 is 0 Å². The highest BCUT2D eigenvalue weighted by molar-refractivity contribution is 5.03. The van der Waals surface area contributed by atoms with Crippen LogP contribution in [0.15, 0.2) is 10.9 Å². The highest BCUT2D eigenvalue weighted by Gasteiger charge is 2.36. The summed E-state index contributed by atoms with van der Waals surface area (Å²) in [5, 5.41) is 12.5. The SMILES string of the molecule is CO[C@@H]1C[C@@H](c2nncn2C)N(Cc2noc(C3CCCCC3)n2)C1. The average Bonchev–Trinajstić information content (AvgIpc) is 3.36. The number of ether oxygens (including phenoxy) is 1. The van der Waals surface area contributed by atoms with Crippen molar-refractivity contribution in [3.8, 4) is 0 Å². The van der Waals surface area contributed by atoms with Crippen LogP contribution in [0.5, 0.6) is 0 Å². The van der Waals surface area contributed by atoms with E-state index in [2.05, 4.69) is 25.2 Å². The zero-order chi connectivity index (χ0) is 17.2. The van der Waals surface area contributed by atoms with Gasteiger partial charge < -0.3 is 13.8 Å². The van der Waals surface area contributed by atoms with Crippen LogP contribution in [0.2, 0.25) is 0 Å². The van der Waals surface area contributed by atoms with Crippen molar-refractivity contribution in [2.24, 2.45) is 7.05 Å². The van der Waals surface area contributed by atoms with Gasteiger partial charge in [0.05, 0.1) is 18.7 Å². The fourth-order valence-electron chi connectivity index (χ4n) is 4.10. The van der Waals surface area contributed by atoms with Gasteiger partial charge in [-0.15, -0.1) is 10.2 Å². The first kappa shape index (κ1) is 16.7. The monoisotopic (exact) mass is 346 g/mol.